The summed E-state index contributed by atoms with van der Waals surface area (Å²) in [6, 6.07) is 5.52. The fraction of sp³-hybridized carbons (Fsp3) is 0.571. The fourth-order valence-electron chi connectivity index (χ4n) is 1.64. The van der Waals surface area contributed by atoms with Crippen molar-refractivity contribution in [1.29, 1.82) is 0 Å². The molecule has 0 fully saturated rings. The Morgan fingerprint density at radius 1 is 1.21 bits per heavy atom. The first-order valence-electron chi connectivity index (χ1n) is 6.39. The van der Waals surface area contributed by atoms with Crippen molar-refractivity contribution in [1.82, 2.24) is 10.0 Å². The van der Waals surface area contributed by atoms with Gasteiger partial charge in [0.15, 0.2) is 0 Å². The number of benzene rings is 1. The summed E-state index contributed by atoms with van der Waals surface area (Å²) in [4.78, 5) is 0.365. The third-order valence-corrected chi connectivity index (χ3v) is 4.26. The van der Waals surface area contributed by atoms with Crippen LogP contribution in [0.1, 0.15) is 31.9 Å². The third-order valence-electron chi connectivity index (χ3n) is 2.72. The molecule has 0 saturated carbocycles. The molecular weight excluding hydrogens is 260 g/mol. The second kappa shape index (κ2) is 6.03. The van der Waals surface area contributed by atoms with Crippen molar-refractivity contribution in [2.75, 3.05) is 13.6 Å². The molecule has 0 aliphatic carbocycles. The molecule has 2 N–H and O–H groups in total. The lowest BCUT2D eigenvalue weighted by atomic mass is 9.98. The van der Waals surface area contributed by atoms with Gasteiger partial charge in [0.1, 0.15) is 0 Å². The van der Waals surface area contributed by atoms with Crippen molar-refractivity contribution in [3.63, 3.8) is 0 Å². The molecule has 108 valence electrons. The molecule has 0 aliphatic heterocycles. The largest absolute Gasteiger partial charge is 0.316 e. The van der Waals surface area contributed by atoms with Crippen LogP contribution >= 0.6 is 0 Å². The number of aryl methyl sites for hydroxylation is 1. The lowest BCUT2D eigenvalue weighted by Gasteiger charge is -2.19. The van der Waals surface area contributed by atoms with E-state index in [2.05, 4.69) is 10.0 Å². The topological polar surface area (TPSA) is 58.2 Å². The zero-order valence-corrected chi connectivity index (χ0v) is 13.2. The molecule has 1 rings (SSSR count). The van der Waals surface area contributed by atoms with Crippen LogP contribution < -0.4 is 10.0 Å². The second-order valence-electron chi connectivity index (χ2n) is 6.02. The van der Waals surface area contributed by atoms with Crippen LogP contribution in [-0.4, -0.2) is 22.0 Å². The van der Waals surface area contributed by atoms with Crippen LogP contribution in [0.25, 0.3) is 0 Å². The van der Waals surface area contributed by atoms with E-state index in [4.69, 9.17) is 0 Å². The minimum Gasteiger partial charge on any atom is -0.316 e. The number of rotatable bonds is 5. The highest BCUT2D eigenvalue weighted by molar-refractivity contribution is 7.89. The van der Waals surface area contributed by atoms with Gasteiger partial charge < -0.3 is 5.32 Å². The van der Waals surface area contributed by atoms with Gasteiger partial charge in [0.2, 0.25) is 10.0 Å². The Bertz CT molecular complexity index is 531. The molecule has 0 unspecified atom stereocenters. The van der Waals surface area contributed by atoms with Gasteiger partial charge in [-0.1, -0.05) is 32.9 Å². The molecule has 0 heterocycles. The van der Waals surface area contributed by atoms with Gasteiger partial charge in [0.25, 0.3) is 0 Å². The van der Waals surface area contributed by atoms with Crippen LogP contribution in [0.2, 0.25) is 0 Å². The van der Waals surface area contributed by atoms with Gasteiger partial charge in [0, 0.05) is 13.1 Å². The molecule has 0 atom stereocenters. The molecule has 5 heteroatoms. The molecule has 0 radical (unpaired) electrons. The Kier molecular flexibility index (Phi) is 5.12. The summed E-state index contributed by atoms with van der Waals surface area (Å²) in [5.74, 6) is 0. The third kappa shape index (κ3) is 4.93. The van der Waals surface area contributed by atoms with E-state index in [9.17, 15) is 8.42 Å². The number of sulfonamides is 1. The molecule has 1 aromatic carbocycles. The summed E-state index contributed by atoms with van der Waals surface area (Å²) < 4.78 is 27.3. The number of nitrogens with one attached hydrogen (secondary N) is 2. The number of hydrogen-bond acceptors (Lipinski definition) is 3. The lowest BCUT2D eigenvalue weighted by Crippen LogP contribution is -2.32. The highest BCUT2D eigenvalue weighted by Gasteiger charge is 2.20. The average Bonchev–Trinajstić information content (AvgIpc) is 2.29. The molecule has 0 saturated heterocycles. The highest BCUT2D eigenvalue weighted by atomic mass is 32.2. The predicted octanol–water partition coefficient (Wildman–Crippen LogP) is 2.04. The van der Waals surface area contributed by atoms with Gasteiger partial charge in [-0.25, -0.2) is 13.1 Å². The Balaban J connectivity index is 3.03. The van der Waals surface area contributed by atoms with Crippen LogP contribution in [0.5, 0.6) is 0 Å². The van der Waals surface area contributed by atoms with Gasteiger partial charge in [0.05, 0.1) is 4.90 Å². The van der Waals surface area contributed by atoms with Crippen molar-refractivity contribution < 1.29 is 8.42 Å². The maximum atomic E-state index is 12.3. The first-order chi connectivity index (χ1) is 8.65. The maximum Gasteiger partial charge on any atom is 0.240 e. The quantitative estimate of drug-likeness (QED) is 0.870. The molecule has 1 aromatic rings. The van der Waals surface area contributed by atoms with E-state index in [1.165, 1.54) is 0 Å². The first kappa shape index (κ1) is 16.1. The van der Waals surface area contributed by atoms with Gasteiger partial charge in [-0.05, 0) is 36.6 Å². The molecule has 0 aliphatic rings. The van der Waals surface area contributed by atoms with E-state index in [1.807, 2.05) is 46.9 Å². The van der Waals surface area contributed by atoms with E-state index < -0.39 is 10.0 Å². The standard InChI is InChI=1S/C14H24N2O2S/c1-11-6-7-12(9-15-5)8-13(11)19(17,18)16-10-14(2,3)4/h6-8,15-16H,9-10H2,1-5H3. The zero-order valence-electron chi connectivity index (χ0n) is 12.4. The van der Waals surface area contributed by atoms with Crippen molar-refractivity contribution in [2.45, 2.75) is 39.1 Å². The number of hydrogen-bond donors (Lipinski definition) is 2. The Morgan fingerprint density at radius 3 is 2.37 bits per heavy atom. The maximum absolute atomic E-state index is 12.3. The second-order valence-corrected chi connectivity index (χ2v) is 7.75. The molecule has 0 amide bonds. The zero-order chi connectivity index (χ0) is 14.7. The van der Waals surface area contributed by atoms with Crippen LogP contribution in [0, 0.1) is 12.3 Å². The first-order valence-corrected chi connectivity index (χ1v) is 7.88. The van der Waals surface area contributed by atoms with Crippen LogP contribution in [0.15, 0.2) is 23.1 Å². The monoisotopic (exact) mass is 284 g/mol. The molecule has 0 spiro atoms. The molecule has 0 aromatic heterocycles. The van der Waals surface area contributed by atoms with Gasteiger partial charge in [-0.3, -0.25) is 0 Å². The fourth-order valence-corrected chi connectivity index (χ4v) is 3.21. The van der Waals surface area contributed by atoms with Crippen LogP contribution in [-0.2, 0) is 16.6 Å². The SMILES string of the molecule is CNCc1ccc(C)c(S(=O)(=O)NCC(C)(C)C)c1. The minimum absolute atomic E-state index is 0.0798. The average molecular weight is 284 g/mol. The van der Waals surface area contributed by atoms with E-state index in [0.717, 1.165) is 11.1 Å². The van der Waals surface area contributed by atoms with Crippen LogP contribution in [0.4, 0.5) is 0 Å². The van der Waals surface area contributed by atoms with Crippen molar-refractivity contribution in [3.8, 4) is 0 Å². The van der Waals surface area contributed by atoms with Crippen molar-refractivity contribution >= 4 is 10.0 Å². The smallest absolute Gasteiger partial charge is 0.240 e. The van der Waals surface area contributed by atoms with Crippen molar-refractivity contribution in [2.24, 2.45) is 5.41 Å². The van der Waals surface area contributed by atoms with E-state index >= 15 is 0 Å². The molecular formula is C14H24N2O2S. The Labute approximate surface area is 116 Å². The molecule has 4 nitrogen and oxygen atoms in total. The summed E-state index contributed by atoms with van der Waals surface area (Å²) in [5, 5.41) is 3.02. The highest BCUT2D eigenvalue weighted by Crippen LogP contribution is 2.19. The van der Waals surface area contributed by atoms with E-state index in [-0.39, 0.29) is 5.41 Å². The molecule has 0 bridgehead atoms. The van der Waals surface area contributed by atoms with Crippen LogP contribution in [0.3, 0.4) is 0 Å². The van der Waals surface area contributed by atoms with Gasteiger partial charge in [-0.15, -0.1) is 0 Å². The molecule has 19 heavy (non-hydrogen) atoms. The van der Waals surface area contributed by atoms with Gasteiger partial charge >= 0.3 is 0 Å². The summed E-state index contributed by atoms with van der Waals surface area (Å²) in [5.41, 5.74) is 1.65. The normalized spacial score (nSPS) is 12.7. The summed E-state index contributed by atoms with van der Waals surface area (Å²) in [6.45, 7) is 8.89. The van der Waals surface area contributed by atoms with Gasteiger partial charge in [-0.2, -0.15) is 0 Å². The summed E-state index contributed by atoms with van der Waals surface area (Å²) in [7, 11) is -1.60. The Morgan fingerprint density at radius 2 is 1.84 bits per heavy atom. The van der Waals surface area contributed by atoms with E-state index in [0.29, 0.717) is 18.0 Å². The Hall–Kier alpha value is -0.910. The summed E-state index contributed by atoms with van der Waals surface area (Å²) in [6.07, 6.45) is 0. The van der Waals surface area contributed by atoms with Crippen molar-refractivity contribution in [3.05, 3.63) is 29.3 Å². The van der Waals surface area contributed by atoms with E-state index in [1.54, 1.807) is 6.07 Å². The summed E-state index contributed by atoms with van der Waals surface area (Å²) >= 11 is 0. The lowest BCUT2D eigenvalue weighted by molar-refractivity contribution is 0.407. The predicted molar refractivity (Wildman–Crippen MR) is 78.6 cm³/mol. The minimum atomic E-state index is -3.44.